The molecule has 24 heavy (non-hydrogen) atoms. The summed E-state index contributed by atoms with van der Waals surface area (Å²) in [5, 5.41) is 0.723. The number of hydrogen-bond donors (Lipinski definition) is 1. The Kier molecular flexibility index (Phi) is 4.08. The molecule has 0 saturated heterocycles. The Labute approximate surface area is 145 Å². The van der Waals surface area contributed by atoms with Crippen molar-refractivity contribution >= 4 is 11.6 Å². The molecule has 0 radical (unpaired) electrons. The van der Waals surface area contributed by atoms with E-state index in [1.165, 1.54) is 12.1 Å². The number of benzene rings is 2. The van der Waals surface area contributed by atoms with E-state index in [9.17, 15) is 4.39 Å². The minimum Gasteiger partial charge on any atom is -0.341 e. The van der Waals surface area contributed by atoms with Crippen molar-refractivity contribution in [2.24, 2.45) is 0 Å². The topological polar surface area (TPSA) is 31.9 Å². The number of H-pyrrole nitrogens is 1. The maximum Gasteiger partial charge on any atom is 0.137 e. The van der Waals surface area contributed by atoms with E-state index in [2.05, 4.69) is 9.88 Å². The molecule has 3 nitrogen and oxygen atoms in total. The van der Waals surface area contributed by atoms with Gasteiger partial charge in [0.05, 0.1) is 11.4 Å². The Hall–Kier alpha value is -2.17. The number of halogens is 2. The van der Waals surface area contributed by atoms with Gasteiger partial charge in [-0.05, 0) is 42.0 Å². The molecule has 0 unspecified atom stereocenters. The van der Waals surface area contributed by atoms with E-state index in [0.29, 0.717) is 0 Å². The van der Waals surface area contributed by atoms with Gasteiger partial charge in [0, 0.05) is 36.6 Å². The van der Waals surface area contributed by atoms with E-state index in [1.807, 2.05) is 36.4 Å². The van der Waals surface area contributed by atoms with Gasteiger partial charge in [0.25, 0.3) is 0 Å². The van der Waals surface area contributed by atoms with Gasteiger partial charge in [-0.1, -0.05) is 23.7 Å². The summed E-state index contributed by atoms with van der Waals surface area (Å²) in [4.78, 5) is 10.5. The van der Waals surface area contributed by atoms with Gasteiger partial charge in [0.2, 0.25) is 0 Å². The number of fused-ring (bicyclic) bond motifs is 1. The quantitative estimate of drug-likeness (QED) is 0.764. The molecule has 0 saturated carbocycles. The van der Waals surface area contributed by atoms with Crippen molar-refractivity contribution < 1.29 is 4.39 Å². The van der Waals surface area contributed by atoms with E-state index in [1.54, 1.807) is 0 Å². The van der Waals surface area contributed by atoms with Crippen molar-refractivity contribution in [2.75, 3.05) is 6.54 Å². The van der Waals surface area contributed by atoms with Crippen molar-refractivity contribution in [2.45, 2.75) is 19.5 Å². The maximum atomic E-state index is 13.0. The first kappa shape index (κ1) is 15.4. The van der Waals surface area contributed by atoms with Gasteiger partial charge in [-0.3, -0.25) is 4.90 Å². The van der Waals surface area contributed by atoms with Crippen molar-refractivity contribution in [3.05, 3.63) is 76.3 Å². The molecule has 1 aliphatic heterocycles. The first-order valence-corrected chi connectivity index (χ1v) is 8.36. The molecule has 0 atom stereocenters. The molecule has 2 heterocycles. The number of nitrogens with one attached hydrogen (secondary N) is 1. The van der Waals surface area contributed by atoms with Gasteiger partial charge in [-0.2, -0.15) is 0 Å². The van der Waals surface area contributed by atoms with E-state index < -0.39 is 0 Å². The number of imidazole rings is 1. The molecule has 0 fully saturated rings. The lowest BCUT2D eigenvalue weighted by Gasteiger charge is -2.25. The van der Waals surface area contributed by atoms with E-state index in [0.717, 1.165) is 59.4 Å². The van der Waals surface area contributed by atoms with Crippen LogP contribution in [-0.2, 0) is 19.5 Å². The summed E-state index contributed by atoms with van der Waals surface area (Å²) in [5.74, 6) is 0.696. The average Bonchev–Trinajstić information content (AvgIpc) is 3.01. The highest BCUT2D eigenvalue weighted by molar-refractivity contribution is 6.30. The molecule has 122 valence electrons. The summed E-state index contributed by atoms with van der Waals surface area (Å²) in [6.07, 6.45) is 0.917. The van der Waals surface area contributed by atoms with Gasteiger partial charge in [0.15, 0.2) is 0 Å². The highest BCUT2D eigenvalue weighted by Crippen LogP contribution is 2.24. The SMILES string of the molecule is Fc1ccc(CN2CCc3nc(-c4ccc(Cl)cc4)[nH]c3C2)cc1. The van der Waals surface area contributed by atoms with Crippen LogP contribution < -0.4 is 0 Å². The molecule has 0 amide bonds. The molecular formula is C19H17ClFN3. The average molecular weight is 342 g/mol. The second-order valence-corrected chi connectivity index (χ2v) is 6.54. The summed E-state index contributed by atoms with van der Waals surface area (Å²) < 4.78 is 13.0. The lowest BCUT2D eigenvalue weighted by Crippen LogP contribution is -2.30. The zero-order valence-corrected chi connectivity index (χ0v) is 13.9. The van der Waals surface area contributed by atoms with Crippen LogP contribution in [0.15, 0.2) is 48.5 Å². The molecule has 3 aromatic rings. The Morgan fingerprint density at radius 2 is 1.83 bits per heavy atom. The molecule has 0 aliphatic carbocycles. The van der Waals surface area contributed by atoms with Crippen molar-refractivity contribution in [1.82, 2.24) is 14.9 Å². The number of nitrogens with zero attached hydrogens (tertiary/aromatic N) is 2. The van der Waals surface area contributed by atoms with Crippen molar-refractivity contribution in [3.8, 4) is 11.4 Å². The number of hydrogen-bond acceptors (Lipinski definition) is 2. The molecule has 1 N–H and O–H groups in total. The standard InChI is InChI=1S/C19H17ClFN3/c20-15-5-3-14(4-6-15)19-22-17-9-10-24(12-18(17)23-19)11-13-1-7-16(21)8-2-13/h1-8H,9-12H2,(H,22,23). The van der Waals surface area contributed by atoms with Crippen LogP contribution in [-0.4, -0.2) is 21.4 Å². The van der Waals surface area contributed by atoms with Gasteiger partial charge in [-0.25, -0.2) is 9.37 Å². The molecule has 5 heteroatoms. The smallest absolute Gasteiger partial charge is 0.137 e. The third-order valence-corrected chi connectivity index (χ3v) is 4.60. The summed E-state index contributed by atoms with van der Waals surface area (Å²) in [7, 11) is 0. The van der Waals surface area contributed by atoms with Crippen LogP contribution in [0.2, 0.25) is 5.02 Å². The minimum absolute atomic E-state index is 0.194. The summed E-state index contributed by atoms with van der Waals surface area (Å²) >= 11 is 5.95. The molecular weight excluding hydrogens is 325 g/mol. The van der Waals surface area contributed by atoms with Crippen LogP contribution in [0.1, 0.15) is 17.0 Å². The molecule has 2 aromatic carbocycles. The zero-order chi connectivity index (χ0) is 16.5. The monoisotopic (exact) mass is 341 g/mol. The van der Waals surface area contributed by atoms with Crippen molar-refractivity contribution in [3.63, 3.8) is 0 Å². The number of aromatic nitrogens is 2. The van der Waals surface area contributed by atoms with Crippen LogP contribution in [0.5, 0.6) is 0 Å². The summed E-state index contributed by atoms with van der Waals surface area (Å²) in [5.41, 5.74) is 4.46. The van der Waals surface area contributed by atoms with Gasteiger partial charge in [0.1, 0.15) is 11.6 Å². The first-order valence-electron chi connectivity index (χ1n) is 7.98. The van der Waals surface area contributed by atoms with Crippen LogP contribution in [0.4, 0.5) is 4.39 Å². The minimum atomic E-state index is -0.194. The Morgan fingerprint density at radius 3 is 2.58 bits per heavy atom. The van der Waals surface area contributed by atoms with E-state index >= 15 is 0 Å². The summed E-state index contributed by atoms with van der Waals surface area (Å²) in [6, 6.07) is 14.4. The normalized spacial score (nSPS) is 14.6. The van der Waals surface area contributed by atoms with Crippen LogP contribution in [0.25, 0.3) is 11.4 Å². The lowest BCUT2D eigenvalue weighted by atomic mass is 10.1. The van der Waals surface area contributed by atoms with Crippen LogP contribution in [0, 0.1) is 5.82 Å². The Morgan fingerprint density at radius 1 is 1.08 bits per heavy atom. The van der Waals surface area contributed by atoms with Crippen molar-refractivity contribution in [1.29, 1.82) is 0 Å². The fraction of sp³-hybridized carbons (Fsp3) is 0.211. The van der Waals surface area contributed by atoms with Crippen LogP contribution >= 0.6 is 11.6 Å². The third-order valence-electron chi connectivity index (χ3n) is 4.35. The summed E-state index contributed by atoms with van der Waals surface area (Å²) in [6.45, 7) is 2.59. The zero-order valence-electron chi connectivity index (χ0n) is 13.1. The highest BCUT2D eigenvalue weighted by Gasteiger charge is 2.20. The highest BCUT2D eigenvalue weighted by atomic mass is 35.5. The second kappa shape index (κ2) is 6.38. The first-order chi connectivity index (χ1) is 11.7. The number of rotatable bonds is 3. The predicted molar refractivity (Wildman–Crippen MR) is 93.3 cm³/mol. The van der Waals surface area contributed by atoms with E-state index in [4.69, 9.17) is 16.6 Å². The van der Waals surface area contributed by atoms with Crippen LogP contribution in [0.3, 0.4) is 0 Å². The molecule has 0 bridgehead atoms. The number of aromatic amines is 1. The Balaban J connectivity index is 1.50. The molecule has 1 aromatic heterocycles. The van der Waals surface area contributed by atoms with E-state index in [-0.39, 0.29) is 5.82 Å². The molecule has 1 aliphatic rings. The lowest BCUT2D eigenvalue weighted by molar-refractivity contribution is 0.241. The van der Waals surface area contributed by atoms with Gasteiger partial charge < -0.3 is 4.98 Å². The fourth-order valence-corrected chi connectivity index (χ4v) is 3.20. The predicted octanol–water partition coefficient (Wildman–Crippen LogP) is 4.43. The van der Waals surface area contributed by atoms with Gasteiger partial charge >= 0.3 is 0 Å². The Bertz CT molecular complexity index is 840. The maximum absolute atomic E-state index is 13.0. The molecule has 0 spiro atoms. The third kappa shape index (κ3) is 3.21. The second-order valence-electron chi connectivity index (χ2n) is 6.10. The molecule has 4 rings (SSSR count). The fourth-order valence-electron chi connectivity index (χ4n) is 3.08. The largest absolute Gasteiger partial charge is 0.341 e. The van der Waals surface area contributed by atoms with Gasteiger partial charge in [-0.15, -0.1) is 0 Å².